The van der Waals surface area contributed by atoms with E-state index in [1.807, 2.05) is 13.8 Å². The molecule has 0 aliphatic heterocycles. The van der Waals surface area contributed by atoms with Gasteiger partial charge in [0.2, 0.25) is 0 Å². The van der Waals surface area contributed by atoms with E-state index in [1.54, 1.807) is 12.2 Å². The molecule has 2 heteroatoms. The molecule has 1 heterocycles. The van der Waals surface area contributed by atoms with Crippen LogP contribution in [0, 0.1) is 6.92 Å². The number of rotatable bonds is 3. The molecule has 0 unspecified atom stereocenters. The summed E-state index contributed by atoms with van der Waals surface area (Å²) < 4.78 is 0. The molecule has 0 spiro atoms. The van der Waals surface area contributed by atoms with Crippen molar-refractivity contribution in [2.45, 2.75) is 20.3 Å². The number of hydrogen-bond acceptors (Lipinski definition) is 2. The zero-order valence-electron chi connectivity index (χ0n) is 8.17. The van der Waals surface area contributed by atoms with Gasteiger partial charge in [0.05, 0.1) is 5.69 Å². The van der Waals surface area contributed by atoms with Gasteiger partial charge >= 0.3 is 0 Å². The van der Waals surface area contributed by atoms with Crippen molar-refractivity contribution in [2.24, 2.45) is 0 Å². The van der Waals surface area contributed by atoms with Crippen molar-refractivity contribution < 1.29 is 0 Å². The quantitative estimate of drug-likeness (QED) is 0.704. The average Bonchev–Trinajstić information content (AvgIpc) is 2.16. The Morgan fingerprint density at radius 1 is 1.23 bits per heavy atom. The molecule has 0 fully saturated rings. The Hall–Kier alpha value is -1.44. The maximum Gasteiger partial charge on any atom is 0.129 e. The van der Waals surface area contributed by atoms with Gasteiger partial charge < -0.3 is 0 Å². The van der Waals surface area contributed by atoms with Gasteiger partial charge in [-0.2, -0.15) is 0 Å². The van der Waals surface area contributed by atoms with E-state index in [-0.39, 0.29) is 0 Å². The van der Waals surface area contributed by atoms with Gasteiger partial charge in [0.1, 0.15) is 5.82 Å². The SMILES string of the molecule is C=Cc1nc(CC)nc(C)c1C=C. The Bertz CT molecular complexity index is 340. The third-order valence-corrected chi connectivity index (χ3v) is 1.93. The van der Waals surface area contributed by atoms with E-state index < -0.39 is 0 Å². The van der Waals surface area contributed by atoms with E-state index in [1.165, 1.54) is 0 Å². The predicted molar refractivity (Wildman–Crippen MR) is 56.3 cm³/mol. The fraction of sp³-hybridized carbons (Fsp3) is 0.273. The molecule has 0 amide bonds. The molecule has 0 aliphatic carbocycles. The molecule has 0 atom stereocenters. The monoisotopic (exact) mass is 174 g/mol. The third-order valence-electron chi connectivity index (χ3n) is 1.93. The second-order valence-electron chi connectivity index (χ2n) is 2.79. The molecule has 0 bridgehead atoms. The summed E-state index contributed by atoms with van der Waals surface area (Å²) in [6, 6.07) is 0. The molecule has 0 N–H and O–H groups in total. The third kappa shape index (κ3) is 1.83. The van der Waals surface area contributed by atoms with Gasteiger partial charge in [-0.1, -0.05) is 26.2 Å². The van der Waals surface area contributed by atoms with Crippen LogP contribution < -0.4 is 0 Å². The molecule has 68 valence electrons. The molecular formula is C11H14N2. The van der Waals surface area contributed by atoms with Crippen LogP contribution in [0.5, 0.6) is 0 Å². The molecule has 0 saturated carbocycles. The van der Waals surface area contributed by atoms with Crippen molar-refractivity contribution in [3.05, 3.63) is 35.9 Å². The summed E-state index contributed by atoms with van der Waals surface area (Å²) in [5, 5.41) is 0. The molecule has 0 saturated heterocycles. The van der Waals surface area contributed by atoms with Gasteiger partial charge in [-0.3, -0.25) is 0 Å². The van der Waals surface area contributed by atoms with E-state index >= 15 is 0 Å². The second kappa shape index (κ2) is 3.99. The first-order chi connectivity index (χ1) is 6.22. The fourth-order valence-electron chi connectivity index (χ4n) is 1.23. The lowest BCUT2D eigenvalue weighted by Gasteiger charge is -2.05. The van der Waals surface area contributed by atoms with Gasteiger partial charge in [0, 0.05) is 17.7 Å². The van der Waals surface area contributed by atoms with Crippen LogP contribution in [0.2, 0.25) is 0 Å². The number of aromatic nitrogens is 2. The highest BCUT2D eigenvalue weighted by Gasteiger charge is 2.04. The normalized spacial score (nSPS) is 9.69. The van der Waals surface area contributed by atoms with E-state index in [0.717, 1.165) is 29.2 Å². The van der Waals surface area contributed by atoms with Gasteiger partial charge in [-0.25, -0.2) is 9.97 Å². The van der Waals surface area contributed by atoms with E-state index in [0.29, 0.717) is 0 Å². The molecule has 1 aromatic heterocycles. The molecule has 2 nitrogen and oxygen atoms in total. The van der Waals surface area contributed by atoms with Gasteiger partial charge in [-0.05, 0) is 13.0 Å². The van der Waals surface area contributed by atoms with Crippen LogP contribution in [0.3, 0.4) is 0 Å². The van der Waals surface area contributed by atoms with Crippen LogP contribution >= 0.6 is 0 Å². The lowest BCUT2D eigenvalue weighted by Crippen LogP contribution is -2.01. The predicted octanol–water partition coefficient (Wildman–Crippen LogP) is 2.63. The molecule has 0 aromatic carbocycles. The summed E-state index contributed by atoms with van der Waals surface area (Å²) in [5.41, 5.74) is 2.82. The molecule has 1 rings (SSSR count). The second-order valence-corrected chi connectivity index (χ2v) is 2.79. The Morgan fingerprint density at radius 3 is 2.38 bits per heavy atom. The average molecular weight is 174 g/mol. The maximum atomic E-state index is 4.34. The Labute approximate surface area is 79.0 Å². The fourth-order valence-corrected chi connectivity index (χ4v) is 1.23. The summed E-state index contributed by atoms with van der Waals surface area (Å²) in [5.74, 6) is 0.859. The van der Waals surface area contributed by atoms with Crippen molar-refractivity contribution in [3.63, 3.8) is 0 Å². The minimum atomic E-state index is 0.846. The van der Waals surface area contributed by atoms with Crippen LogP contribution in [0.1, 0.15) is 29.7 Å². The van der Waals surface area contributed by atoms with Gasteiger partial charge in [0.25, 0.3) is 0 Å². The van der Waals surface area contributed by atoms with Gasteiger partial charge in [0.15, 0.2) is 0 Å². The highest BCUT2D eigenvalue weighted by Crippen LogP contribution is 2.13. The van der Waals surface area contributed by atoms with Crippen LogP contribution in [0.4, 0.5) is 0 Å². The maximum absolute atomic E-state index is 4.34. The minimum Gasteiger partial charge on any atom is -0.238 e. The summed E-state index contributed by atoms with van der Waals surface area (Å²) in [6.07, 6.45) is 4.36. The van der Waals surface area contributed by atoms with Crippen molar-refractivity contribution in [1.29, 1.82) is 0 Å². The van der Waals surface area contributed by atoms with Crippen molar-refractivity contribution in [2.75, 3.05) is 0 Å². The molecule has 0 radical (unpaired) electrons. The summed E-state index contributed by atoms with van der Waals surface area (Å²) in [4.78, 5) is 8.68. The zero-order valence-corrected chi connectivity index (χ0v) is 8.17. The van der Waals surface area contributed by atoms with E-state index in [9.17, 15) is 0 Å². The van der Waals surface area contributed by atoms with Crippen LogP contribution in [0.15, 0.2) is 13.2 Å². The highest BCUT2D eigenvalue weighted by atomic mass is 14.9. The largest absolute Gasteiger partial charge is 0.238 e. The smallest absolute Gasteiger partial charge is 0.129 e. The number of hydrogen-bond donors (Lipinski definition) is 0. The van der Waals surface area contributed by atoms with Crippen LogP contribution in [-0.2, 0) is 6.42 Å². The van der Waals surface area contributed by atoms with E-state index in [4.69, 9.17) is 0 Å². The summed E-state index contributed by atoms with van der Waals surface area (Å²) in [6.45, 7) is 11.4. The molecular weight excluding hydrogens is 160 g/mol. The number of aryl methyl sites for hydroxylation is 2. The first-order valence-corrected chi connectivity index (χ1v) is 4.35. The molecule has 1 aromatic rings. The number of nitrogens with zero attached hydrogens (tertiary/aromatic N) is 2. The van der Waals surface area contributed by atoms with Crippen LogP contribution in [-0.4, -0.2) is 9.97 Å². The van der Waals surface area contributed by atoms with Crippen molar-refractivity contribution >= 4 is 12.2 Å². The highest BCUT2D eigenvalue weighted by molar-refractivity contribution is 5.62. The first kappa shape index (κ1) is 9.65. The Balaban J connectivity index is 3.36. The Morgan fingerprint density at radius 2 is 1.92 bits per heavy atom. The topological polar surface area (TPSA) is 25.8 Å². The molecule has 13 heavy (non-hydrogen) atoms. The van der Waals surface area contributed by atoms with Crippen LogP contribution in [0.25, 0.3) is 12.2 Å². The Kier molecular flexibility index (Phi) is 2.96. The van der Waals surface area contributed by atoms with Gasteiger partial charge in [-0.15, -0.1) is 0 Å². The first-order valence-electron chi connectivity index (χ1n) is 4.35. The van der Waals surface area contributed by atoms with E-state index in [2.05, 4.69) is 23.1 Å². The zero-order chi connectivity index (χ0) is 9.84. The standard InChI is InChI=1S/C11H14N2/c1-5-9-8(4)12-11(7-3)13-10(9)6-2/h5-6H,1-2,7H2,3-4H3. The van der Waals surface area contributed by atoms with Crippen molar-refractivity contribution in [1.82, 2.24) is 9.97 Å². The summed E-state index contributed by atoms with van der Waals surface area (Å²) in [7, 11) is 0. The lowest BCUT2D eigenvalue weighted by atomic mass is 10.1. The minimum absolute atomic E-state index is 0.846. The van der Waals surface area contributed by atoms with Crippen molar-refractivity contribution in [3.8, 4) is 0 Å². The summed E-state index contributed by atoms with van der Waals surface area (Å²) >= 11 is 0. The lowest BCUT2D eigenvalue weighted by molar-refractivity contribution is 0.908. The molecule has 0 aliphatic rings.